The normalized spacial score (nSPS) is 28.3. The first-order valence-electron chi connectivity index (χ1n) is 5.13. The van der Waals surface area contributed by atoms with Gasteiger partial charge in [0.1, 0.15) is 6.04 Å². The van der Waals surface area contributed by atoms with Crippen LogP contribution in [0.25, 0.3) is 0 Å². The van der Waals surface area contributed by atoms with E-state index in [2.05, 4.69) is 11.0 Å². The minimum atomic E-state index is -0.183. The van der Waals surface area contributed by atoms with Crippen molar-refractivity contribution in [2.75, 3.05) is 13.1 Å². The van der Waals surface area contributed by atoms with Crippen molar-refractivity contribution >= 4 is 0 Å². The molecule has 1 N–H and O–H groups in total. The molecule has 0 radical (unpaired) electrons. The Balaban J connectivity index is 1.90. The van der Waals surface area contributed by atoms with Crippen molar-refractivity contribution in [2.24, 2.45) is 5.92 Å². The average molecular weight is 180 g/mol. The summed E-state index contributed by atoms with van der Waals surface area (Å²) < 4.78 is 0. The third kappa shape index (κ3) is 1.70. The van der Waals surface area contributed by atoms with Gasteiger partial charge in [-0.2, -0.15) is 5.26 Å². The van der Waals surface area contributed by atoms with Crippen LogP contribution in [0.1, 0.15) is 25.7 Å². The Kier molecular flexibility index (Phi) is 2.52. The highest BCUT2D eigenvalue weighted by Crippen LogP contribution is 2.31. The third-order valence-electron chi connectivity index (χ3n) is 3.26. The van der Waals surface area contributed by atoms with Gasteiger partial charge in [-0.1, -0.05) is 12.8 Å². The highest BCUT2D eigenvalue weighted by molar-refractivity contribution is 5.02. The summed E-state index contributed by atoms with van der Waals surface area (Å²) in [7, 11) is 0. The SMILES string of the molecule is N#C[C@@H](C1CCCC1)N1CC(O)C1. The van der Waals surface area contributed by atoms with Crippen molar-refractivity contribution < 1.29 is 5.11 Å². The van der Waals surface area contributed by atoms with Crippen LogP contribution < -0.4 is 0 Å². The minimum absolute atomic E-state index is 0.0749. The van der Waals surface area contributed by atoms with Gasteiger partial charge in [0.2, 0.25) is 0 Å². The van der Waals surface area contributed by atoms with Crippen LogP contribution in [0, 0.1) is 17.2 Å². The predicted octanol–water partition coefficient (Wildman–Crippen LogP) is 0.745. The molecule has 1 saturated heterocycles. The van der Waals surface area contributed by atoms with Gasteiger partial charge in [-0.3, -0.25) is 4.90 Å². The van der Waals surface area contributed by atoms with E-state index in [0.717, 1.165) is 0 Å². The van der Waals surface area contributed by atoms with E-state index in [-0.39, 0.29) is 12.1 Å². The zero-order valence-corrected chi connectivity index (χ0v) is 7.82. The quantitative estimate of drug-likeness (QED) is 0.682. The number of rotatable bonds is 2. The maximum Gasteiger partial charge on any atom is 0.101 e. The molecule has 0 aromatic carbocycles. The minimum Gasteiger partial charge on any atom is -0.390 e. The average Bonchev–Trinajstić information content (AvgIpc) is 2.55. The van der Waals surface area contributed by atoms with Gasteiger partial charge in [-0.15, -0.1) is 0 Å². The van der Waals surface area contributed by atoms with Gasteiger partial charge in [0.25, 0.3) is 0 Å². The standard InChI is InChI=1S/C10H16N2O/c11-5-10(8-3-1-2-4-8)12-6-9(13)7-12/h8-10,13H,1-4,6-7H2/t10-/m0/s1. The second-order valence-electron chi connectivity index (χ2n) is 4.23. The van der Waals surface area contributed by atoms with E-state index in [1.165, 1.54) is 25.7 Å². The van der Waals surface area contributed by atoms with Crippen LogP contribution in [0.15, 0.2) is 0 Å². The smallest absolute Gasteiger partial charge is 0.101 e. The Hall–Kier alpha value is -0.590. The molecule has 2 aliphatic rings. The first-order chi connectivity index (χ1) is 6.31. The largest absolute Gasteiger partial charge is 0.390 e. The van der Waals surface area contributed by atoms with Crippen LogP contribution >= 0.6 is 0 Å². The fraction of sp³-hybridized carbons (Fsp3) is 0.900. The van der Waals surface area contributed by atoms with Gasteiger partial charge < -0.3 is 5.11 Å². The van der Waals surface area contributed by atoms with E-state index in [0.29, 0.717) is 19.0 Å². The van der Waals surface area contributed by atoms with Crippen molar-refractivity contribution in [1.29, 1.82) is 5.26 Å². The molecule has 0 aromatic heterocycles. The topological polar surface area (TPSA) is 47.3 Å². The molecule has 0 spiro atoms. The van der Waals surface area contributed by atoms with Crippen LogP contribution in [-0.4, -0.2) is 35.2 Å². The van der Waals surface area contributed by atoms with E-state index in [4.69, 9.17) is 10.4 Å². The van der Waals surface area contributed by atoms with E-state index in [9.17, 15) is 0 Å². The van der Waals surface area contributed by atoms with Crippen LogP contribution in [0.5, 0.6) is 0 Å². The molecule has 1 atom stereocenters. The molecule has 0 unspecified atom stereocenters. The summed E-state index contributed by atoms with van der Waals surface area (Å²) in [5.41, 5.74) is 0. The Morgan fingerprint density at radius 1 is 1.31 bits per heavy atom. The Morgan fingerprint density at radius 3 is 2.38 bits per heavy atom. The molecule has 13 heavy (non-hydrogen) atoms. The van der Waals surface area contributed by atoms with Crippen LogP contribution in [0.4, 0.5) is 0 Å². The first kappa shape index (κ1) is 8.98. The maximum atomic E-state index is 9.15. The van der Waals surface area contributed by atoms with Gasteiger partial charge in [0, 0.05) is 13.1 Å². The Labute approximate surface area is 79.0 Å². The van der Waals surface area contributed by atoms with Crippen molar-refractivity contribution in [1.82, 2.24) is 4.90 Å². The monoisotopic (exact) mass is 180 g/mol. The van der Waals surface area contributed by atoms with Gasteiger partial charge in [-0.25, -0.2) is 0 Å². The molecule has 1 heterocycles. The highest BCUT2D eigenvalue weighted by Gasteiger charge is 2.36. The van der Waals surface area contributed by atoms with E-state index >= 15 is 0 Å². The second-order valence-corrected chi connectivity index (χ2v) is 4.23. The number of aliphatic hydroxyl groups is 1. The van der Waals surface area contributed by atoms with Crippen LogP contribution in [-0.2, 0) is 0 Å². The molecular formula is C10H16N2O. The second kappa shape index (κ2) is 3.65. The number of likely N-dealkylation sites (tertiary alicyclic amines) is 1. The lowest BCUT2D eigenvalue weighted by atomic mass is 9.94. The molecule has 0 aromatic rings. The lowest BCUT2D eigenvalue weighted by molar-refractivity contribution is -0.0240. The van der Waals surface area contributed by atoms with E-state index in [1.54, 1.807) is 0 Å². The van der Waals surface area contributed by atoms with Crippen LogP contribution in [0.3, 0.4) is 0 Å². The van der Waals surface area contributed by atoms with Crippen molar-refractivity contribution in [2.45, 2.75) is 37.8 Å². The molecule has 0 bridgehead atoms. The zero-order valence-electron chi connectivity index (χ0n) is 7.82. The van der Waals surface area contributed by atoms with Crippen molar-refractivity contribution in [3.05, 3.63) is 0 Å². The highest BCUT2D eigenvalue weighted by atomic mass is 16.3. The summed E-state index contributed by atoms with van der Waals surface area (Å²) >= 11 is 0. The zero-order chi connectivity index (χ0) is 9.26. The first-order valence-corrected chi connectivity index (χ1v) is 5.13. The van der Waals surface area contributed by atoms with Crippen molar-refractivity contribution in [3.63, 3.8) is 0 Å². The van der Waals surface area contributed by atoms with Crippen LogP contribution in [0.2, 0.25) is 0 Å². The molecule has 3 heteroatoms. The van der Waals surface area contributed by atoms with Gasteiger partial charge in [-0.05, 0) is 18.8 Å². The Bertz CT molecular complexity index is 211. The summed E-state index contributed by atoms with van der Waals surface area (Å²) in [5.74, 6) is 0.567. The molecule has 2 rings (SSSR count). The molecule has 1 aliphatic carbocycles. The molecular weight excluding hydrogens is 164 g/mol. The lowest BCUT2D eigenvalue weighted by Gasteiger charge is -2.41. The molecule has 3 nitrogen and oxygen atoms in total. The van der Waals surface area contributed by atoms with Gasteiger partial charge in [0.15, 0.2) is 0 Å². The number of nitrogens with zero attached hydrogens (tertiary/aromatic N) is 2. The van der Waals surface area contributed by atoms with Crippen molar-refractivity contribution in [3.8, 4) is 6.07 Å². The molecule has 2 fully saturated rings. The maximum absolute atomic E-state index is 9.15. The molecule has 72 valence electrons. The number of aliphatic hydroxyl groups excluding tert-OH is 1. The lowest BCUT2D eigenvalue weighted by Crippen LogP contribution is -2.56. The summed E-state index contributed by atoms with van der Waals surface area (Å²) in [6.07, 6.45) is 4.77. The number of nitriles is 1. The Morgan fingerprint density at radius 2 is 1.92 bits per heavy atom. The van der Waals surface area contributed by atoms with Gasteiger partial charge in [0.05, 0.1) is 12.2 Å². The fourth-order valence-corrected chi connectivity index (χ4v) is 2.47. The van der Waals surface area contributed by atoms with E-state index in [1.807, 2.05) is 0 Å². The van der Waals surface area contributed by atoms with Gasteiger partial charge >= 0.3 is 0 Å². The number of hydrogen-bond acceptors (Lipinski definition) is 3. The number of β-amino-alcohol motifs (C(OH)–C–C–N with tert-alkyl or cyclic N) is 1. The number of hydrogen-bond donors (Lipinski definition) is 1. The van der Waals surface area contributed by atoms with E-state index < -0.39 is 0 Å². The molecule has 1 saturated carbocycles. The third-order valence-corrected chi connectivity index (χ3v) is 3.26. The summed E-state index contributed by atoms with van der Waals surface area (Å²) in [6, 6.07) is 2.46. The summed E-state index contributed by atoms with van der Waals surface area (Å²) in [5, 5.41) is 18.2. The summed E-state index contributed by atoms with van der Waals surface area (Å²) in [4.78, 5) is 2.11. The molecule has 0 amide bonds. The summed E-state index contributed by atoms with van der Waals surface area (Å²) in [6.45, 7) is 1.41. The fourth-order valence-electron chi connectivity index (χ4n) is 2.47. The predicted molar refractivity (Wildman–Crippen MR) is 48.9 cm³/mol. The molecule has 1 aliphatic heterocycles.